The van der Waals surface area contributed by atoms with Crippen molar-refractivity contribution in [2.45, 2.75) is 11.8 Å². The summed E-state index contributed by atoms with van der Waals surface area (Å²) in [4.78, 5) is 39.8. The van der Waals surface area contributed by atoms with E-state index in [2.05, 4.69) is 16.0 Å². The Morgan fingerprint density at radius 1 is 0.761 bits per heavy atom. The molecule has 0 aliphatic rings. The number of hydrogen-bond donors (Lipinski definition) is 3. The van der Waals surface area contributed by atoms with E-state index in [-0.39, 0.29) is 17.4 Å². The zero-order chi connectivity index (χ0) is 32.9. The van der Waals surface area contributed by atoms with Gasteiger partial charge in [0.15, 0.2) is 11.5 Å². The van der Waals surface area contributed by atoms with Gasteiger partial charge in [-0.05, 0) is 91.4 Å². The molecular weight excluding hydrogens is 606 g/mol. The smallest absolute Gasteiger partial charge is 0.272 e. The molecule has 0 radical (unpaired) electrons. The van der Waals surface area contributed by atoms with Crippen molar-refractivity contribution >= 4 is 46.9 Å². The lowest BCUT2D eigenvalue weighted by atomic mass is 10.1. The number of anilines is 2. The molecule has 10 nitrogen and oxygen atoms in total. The second kappa shape index (κ2) is 16.6. The highest BCUT2D eigenvalue weighted by Crippen LogP contribution is 2.38. The van der Waals surface area contributed by atoms with Gasteiger partial charge in [0.25, 0.3) is 11.8 Å². The highest BCUT2D eigenvalue weighted by Gasteiger charge is 2.18. The maximum absolute atomic E-state index is 13.5. The molecule has 0 aromatic heterocycles. The molecular formula is C35H35N3O7S. The summed E-state index contributed by atoms with van der Waals surface area (Å²) >= 11 is 1.36. The Morgan fingerprint density at radius 2 is 1.37 bits per heavy atom. The molecule has 0 saturated heterocycles. The lowest BCUT2D eigenvalue weighted by Gasteiger charge is -2.15. The van der Waals surface area contributed by atoms with Crippen LogP contribution in [0.3, 0.4) is 0 Å². The van der Waals surface area contributed by atoms with E-state index in [4.69, 9.17) is 18.9 Å². The minimum atomic E-state index is -0.548. The van der Waals surface area contributed by atoms with Crippen LogP contribution in [0.2, 0.25) is 0 Å². The molecule has 4 rings (SSSR count). The zero-order valence-corrected chi connectivity index (χ0v) is 26.7. The number of benzene rings is 4. The number of carbonyl (C=O) groups is 3. The standard InChI is InChI=1S/C35H35N3O7S/c1-5-45-27-15-11-25(12-16-27)36-32(39)22-46-28-17-13-26(14-18-28)37-35(41)29(38-34(40)24-9-7-6-8-10-24)19-23-20-30(42-2)33(44-4)31(21-23)43-3/h6-21H,5,22H2,1-4H3,(H,36,39)(H,37,41)(H,38,40)/b29-19-. The van der Waals surface area contributed by atoms with Crippen LogP contribution >= 0.6 is 11.8 Å². The average Bonchev–Trinajstić information content (AvgIpc) is 3.08. The van der Waals surface area contributed by atoms with Gasteiger partial charge in [-0.25, -0.2) is 0 Å². The summed E-state index contributed by atoms with van der Waals surface area (Å²) in [6.45, 7) is 2.48. The van der Waals surface area contributed by atoms with Gasteiger partial charge < -0.3 is 34.9 Å². The van der Waals surface area contributed by atoms with Crippen molar-refractivity contribution < 1.29 is 33.3 Å². The molecule has 3 N–H and O–H groups in total. The van der Waals surface area contributed by atoms with Crippen molar-refractivity contribution in [1.82, 2.24) is 5.32 Å². The molecule has 0 atom stereocenters. The summed E-state index contributed by atoms with van der Waals surface area (Å²) in [7, 11) is 4.48. The Bertz CT molecular complexity index is 1650. The van der Waals surface area contributed by atoms with Crippen molar-refractivity contribution in [3.8, 4) is 23.0 Å². The summed E-state index contributed by atoms with van der Waals surface area (Å²) in [5.74, 6) is 0.969. The van der Waals surface area contributed by atoms with Crippen molar-refractivity contribution in [2.24, 2.45) is 0 Å². The second-order valence-electron chi connectivity index (χ2n) is 9.61. The number of rotatable bonds is 14. The Kier molecular flexibility index (Phi) is 12.1. The Balaban J connectivity index is 1.46. The number of thioether (sulfide) groups is 1. The fraction of sp³-hybridized carbons (Fsp3) is 0.171. The van der Waals surface area contributed by atoms with E-state index >= 15 is 0 Å². The lowest BCUT2D eigenvalue weighted by molar-refractivity contribution is -0.114. The lowest BCUT2D eigenvalue weighted by Crippen LogP contribution is -2.30. The normalized spacial score (nSPS) is 10.8. The van der Waals surface area contributed by atoms with Gasteiger partial charge in [-0.2, -0.15) is 0 Å². The number of carbonyl (C=O) groups excluding carboxylic acids is 3. The van der Waals surface area contributed by atoms with Gasteiger partial charge in [0.1, 0.15) is 11.4 Å². The molecule has 0 aliphatic heterocycles. The quantitative estimate of drug-likeness (QED) is 0.109. The fourth-order valence-electron chi connectivity index (χ4n) is 4.27. The largest absolute Gasteiger partial charge is 0.494 e. The van der Waals surface area contributed by atoms with E-state index in [9.17, 15) is 14.4 Å². The van der Waals surface area contributed by atoms with E-state index in [1.165, 1.54) is 39.2 Å². The Morgan fingerprint density at radius 3 is 1.96 bits per heavy atom. The maximum atomic E-state index is 13.5. The van der Waals surface area contributed by atoms with Crippen molar-refractivity contribution in [2.75, 3.05) is 44.3 Å². The SMILES string of the molecule is CCOc1ccc(NC(=O)CSc2ccc(NC(=O)/C(=C/c3cc(OC)c(OC)c(OC)c3)NC(=O)c3ccccc3)cc2)cc1. The van der Waals surface area contributed by atoms with Crippen molar-refractivity contribution in [1.29, 1.82) is 0 Å². The average molecular weight is 642 g/mol. The topological polar surface area (TPSA) is 124 Å². The van der Waals surface area contributed by atoms with Crippen LogP contribution in [0.4, 0.5) is 11.4 Å². The number of nitrogens with one attached hydrogen (secondary N) is 3. The Labute approximate surface area is 272 Å². The first-order valence-corrected chi connectivity index (χ1v) is 15.3. The molecule has 3 amide bonds. The van der Waals surface area contributed by atoms with E-state index in [1.807, 2.05) is 6.92 Å². The van der Waals surface area contributed by atoms with Gasteiger partial charge in [-0.15, -0.1) is 11.8 Å². The Hall–Kier alpha value is -5.42. The van der Waals surface area contributed by atoms with Gasteiger partial charge in [0, 0.05) is 21.8 Å². The number of methoxy groups -OCH3 is 3. The number of hydrogen-bond acceptors (Lipinski definition) is 8. The van der Waals surface area contributed by atoms with Crippen LogP contribution in [0, 0.1) is 0 Å². The molecule has 238 valence electrons. The minimum absolute atomic E-state index is 0.00691. The summed E-state index contributed by atoms with van der Waals surface area (Å²) < 4.78 is 21.7. The predicted octanol–water partition coefficient (Wildman–Crippen LogP) is 6.25. The van der Waals surface area contributed by atoms with Gasteiger partial charge in [-0.1, -0.05) is 18.2 Å². The molecule has 0 unspecified atom stereocenters. The maximum Gasteiger partial charge on any atom is 0.272 e. The van der Waals surface area contributed by atoms with Crippen LogP contribution in [0.5, 0.6) is 23.0 Å². The highest BCUT2D eigenvalue weighted by molar-refractivity contribution is 8.00. The van der Waals surface area contributed by atoms with E-state index in [0.29, 0.717) is 46.4 Å². The summed E-state index contributed by atoms with van der Waals surface area (Å²) in [5.41, 5.74) is 2.09. The van der Waals surface area contributed by atoms with Crippen molar-refractivity contribution in [3.63, 3.8) is 0 Å². The summed E-state index contributed by atoms with van der Waals surface area (Å²) in [5, 5.41) is 8.41. The first kappa shape index (κ1) is 33.5. The third-order valence-electron chi connectivity index (χ3n) is 6.46. The molecule has 4 aromatic carbocycles. The van der Waals surface area contributed by atoms with Crippen LogP contribution in [-0.2, 0) is 9.59 Å². The first-order chi connectivity index (χ1) is 22.3. The monoisotopic (exact) mass is 641 g/mol. The van der Waals surface area contributed by atoms with E-state index in [0.717, 1.165) is 10.6 Å². The van der Waals surface area contributed by atoms with Gasteiger partial charge >= 0.3 is 0 Å². The molecule has 0 bridgehead atoms. The molecule has 0 fully saturated rings. The van der Waals surface area contributed by atoms with Gasteiger partial charge in [0.2, 0.25) is 11.7 Å². The van der Waals surface area contributed by atoms with E-state index in [1.54, 1.807) is 91.0 Å². The third kappa shape index (κ3) is 9.29. The van der Waals surface area contributed by atoms with Gasteiger partial charge in [0.05, 0.1) is 33.7 Å². The van der Waals surface area contributed by atoms with Crippen LogP contribution in [-0.4, -0.2) is 51.4 Å². The molecule has 46 heavy (non-hydrogen) atoms. The van der Waals surface area contributed by atoms with Crippen LogP contribution in [0.25, 0.3) is 6.08 Å². The van der Waals surface area contributed by atoms with Gasteiger partial charge in [-0.3, -0.25) is 14.4 Å². The predicted molar refractivity (Wildman–Crippen MR) is 180 cm³/mol. The summed E-state index contributed by atoms with van der Waals surface area (Å²) in [6.07, 6.45) is 1.52. The van der Waals surface area contributed by atoms with Crippen LogP contribution in [0.1, 0.15) is 22.8 Å². The molecule has 0 spiro atoms. The molecule has 0 aliphatic carbocycles. The molecule has 0 saturated carbocycles. The zero-order valence-electron chi connectivity index (χ0n) is 25.9. The molecule has 4 aromatic rings. The molecule has 11 heteroatoms. The first-order valence-electron chi connectivity index (χ1n) is 14.3. The van der Waals surface area contributed by atoms with Crippen LogP contribution in [0.15, 0.2) is 102 Å². The third-order valence-corrected chi connectivity index (χ3v) is 7.47. The van der Waals surface area contributed by atoms with Crippen LogP contribution < -0.4 is 34.9 Å². The minimum Gasteiger partial charge on any atom is -0.494 e. The molecule has 0 heterocycles. The van der Waals surface area contributed by atoms with E-state index < -0.39 is 11.8 Å². The summed E-state index contributed by atoms with van der Waals surface area (Å²) in [6, 6.07) is 26.1. The number of ether oxygens (including phenoxy) is 4. The van der Waals surface area contributed by atoms with Crippen molar-refractivity contribution in [3.05, 3.63) is 108 Å². The second-order valence-corrected chi connectivity index (χ2v) is 10.7. The fourth-order valence-corrected chi connectivity index (χ4v) is 4.97. The number of amides is 3. The highest BCUT2D eigenvalue weighted by atomic mass is 32.2.